The van der Waals surface area contributed by atoms with E-state index >= 15 is 0 Å². The summed E-state index contributed by atoms with van der Waals surface area (Å²) in [6.07, 6.45) is 0. The number of nitrogens with one attached hydrogen (secondary N) is 1. The molecule has 0 fully saturated rings. The molecule has 1 aromatic rings. The average Bonchev–Trinajstić information content (AvgIpc) is 2.46. The molecular formula is C10H15NO2S. The van der Waals surface area contributed by atoms with Gasteiger partial charge >= 0.3 is 5.97 Å². The largest absolute Gasteiger partial charge is 0.480 e. The maximum absolute atomic E-state index is 10.9. The smallest absolute Gasteiger partial charge is 0.326 e. The molecule has 1 unspecified atom stereocenters. The highest BCUT2D eigenvalue weighted by Crippen LogP contribution is 2.21. The quantitative estimate of drug-likeness (QED) is 0.808. The molecule has 3 nitrogen and oxygen atoms in total. The summed E-state index contributed by atoms with van der Waals surface area (Å²) in [6, 6.07) is -0.511. The number of anilines is 1. The zero-order chi connectivity index (χ0) is 10.7. The second-order valence-corrected chi connectivity index (χ2v) is 4.42. The molecule has 0 amide bonds. The summed E-state index contributed by atoms with van der Waals surface area (Å²) in [5, 5.41) is 16.0. The fourth-order valence-corrected chi connectivity index (χ4v) is 1.98. The second-order valence-electron chi connectivity index (χ2n) is 3.67. The van der Waals surface area contributed by atoms with E-state index in [2.05, 4.69) is 5.32 Å². The van der Waals surface area contributed by atoms with Crippen LogP contribution in [0.2, 0.25) is 0 Å². The maximum atomic E-state index is 10.9. The minimum absolute atomic E-state index is 0.0757. The molecule has 1 rings (SSSR count). The molecule has 0 aliphatic rings. The first-order chi connectivity index (χ1) is 6.52. The number of carboxylic acids is 1. The van der Waals surface area contributed by atoms with Crippen molar-refractivity contribution in [2.45, 2.75) is 26.8 Å². The normalized spacial score (nSPS) is 12.9. The Kier molecular flexibility index (Phi) is 3.52. The van der Waals surface area contributed by atoms with Gasteiger partial charge in [0.2, 0.25) is 0 Å². The highest BCUT2D eigenvalue weighted by atomic mass is 32.1. The summed E-state index contributed by atoms with van der Waals surface area (Å²) < 4.78 is 0. The van der Waals surface area contributed by atoms with Crippen LogP contribution in [-0.4, -0.2) is 17.1 Å². The standard InChI is InChI=1S/C10H15NO2S/c1-6(2)9(10(12)13)11-8-5-14-4-7(8)3/h4-6,9,11H,1-3H3,(H,12,13). The van der Waals surface area contributed by atoms with Gasteiger partial charge < -0.3 is 10.4 Å². The van der Waals surface area contributed by atoms with Gasteiger partial charge in [0, 0.05) is 11.1 Å². The summed E-state index contributed by atoms with van der Waals surface area (Å²) in [5.41, 5.74) is 2.03. The van der Waals surface area contributed by atoms with E-state index < -0.39 is 12.0 Å². The molecule has 0 saturated heterocycles. The van der Waals surface area contributed by atoms with Crippen LogP contribution in [0.15, 0.2) is 10.8 Å². The Hall–Kier alpha value is -1.03. The highest BCUT2D eigenvalue weighted by Gasteiger charge is 2.21. The predicted octanol–water partition coefficient (Wildman–Crippen LogP) is 2.58. The van der Waals surface area contributed by atoms with Crippen molar-refractivity contribution >= 4 is 23.0 Å². The van der Waals surface area contributed by atoms with E-state index in [1.807, 2.05) is 31.5 Å². The number of aryl methyl sites for hydroxylation is 1. The van der Waals surface area contributed by atoms with Crippen molar-refractivity contribution in [3.05, 3.63) is 16.3 Å². The van der Waals surface area contributed by atoms with Crippen LogP contribution in [0.4, 0.5) is 5.69 Å². The van der Waals surface area contributed by atoms with Crippen molar-refractivity contribution in [1.29, 1.82) is 0 Å². The number of carboxylic acid groups (broad SMARTS) is 1. The Morgan fingerprint density at radius 2 is 2.14 bits per heavy atom. The third-order valence-corrected chi connectivity index (χ3v) is 2.96. The molecule has 4 heteroatoms. The Balaban J connectivity index is 2.75. The van der Waals surface area contributed by atoms with Gasteiger partial charge in [-0.2, -0.15) is 0 Å². The Bertz CT molecular complexity index is 320. The van der Waals surface area contributed by atoms with Crippen LogP contribution in [0.3, 0.4) is 0 Å². The molecule has 1 heterocycles. The number of hydrogen-bond donors (Lipinski definition) is 2. The monoisotopic (exact) mass is 213 g/mol. The molecule has 14 heavy (non-hydrogen) atoms. The lowest BCUT2D eigenvalue weighted by molar-refractivity contribution is -0.138. The first kappa shape index (κ1) is 11.0. The molecule has 0 aliphatic heterocycles. The summed E-state index contributed by atoms with van der Waals surface area (Å²) in [5.74, 6) is -0.725. The molecule has 1 atom stereocenters. The van der Waals surface area contributed by atoms with Gasteiger partial charge in [-0.15, -0.1) is 11.3 Å². The van der Waals surface area contributed by atoms with Gasteiger partial charge in [0.15, 0.2) is 0 Å². The molecular weight excluding hydrogens is 198 g/mol. The first-order valence-corrected chi connectivity index (χ1v) is 5.48. The van der Waals surface area contributed by atoms with Gasteiger partial charge in [-0.05, 0) is 23.8 Å². The molecule has 78 valence electrons. The van der Waals surface area contributed by atoms with Crippen molar-refractivity contribution in [1.82, 2.24) is 0 Å². The molecule has 0 bridgehead atoms. The number of carbonyl (C=O) groups is 1. The van der Waals surface area contributed by atoms with E-state index in [0.717, 1.165) is 11.3 Å². The van der Waals surface area contributed by atoms with Crippen LogP contribution in [0, 0.1) is 12.8 Å². The topological polar surface area (TPSA) is 49.3 Å². The minimum atomic E-state index is -0.800. The van der Waals surface area contributed by atoms with Crippen LogP contribution in [-0.2, 0) is 4.79 Å². The van der Waals surface area contributed by atoms with E-state index in [0.29, 0.717) is 0 Å². The lowest BCUT2D eigenvalue weighted by Crippen LogP contribution is -2.34. The molecule has 1 aromatic heterocycles. The minimum Gasteiger partial charge on any atom is -0.480 e. The van der Waals surface area contributed by atoms with Crippen LogP contribution in [0.5, 0.6) is 0 Å². The molecule has 0 aromatic carbocycles. The van der Waals surface area contributed by atoms with E-state index in [4.69, 9.17) is 5.11 Å². The van der Waals surface area contributed by atoms with Crippen LogP contribution < -0.4 is 5.32 Å². The van der Waals surface area contributed by atoms with Crippen molar-refractivity contribution in [2.75, 3.05) is 5.32 Å². The lowest BCUT2D eigenvalue weighted by Gasteiger charge is -2.18. The van der Waals surface area contributed by atoms with E-state index in [-0.39, 0.29) is 5.92 Å². The Labute approximate surface area is 87.8 Å². The summed E-state index contributed by atoms with van der Waals surface area (Å²) in [4.78, 5) is 10.9. The first-order valence-electron chi connectivity index (χ1n) is 4.54. The molecule has 0 aliphatic carbocycles. The number of aliphatic carboxylic acids is 1. The van der Waals surface area contributed by atoms with E-state index in [1.54, 1.807) is 11.3 Å². The van der Waals surface area contributed by atoms with Gasteiger partial charge in [-0.25, -0.2) is 4.79 Å². The van der Waals surface area contributed by atoms with Crippen LogP contribution in [0.1, 0.15) is 19.4 Å². The lowest BCUT2D eigenvalue weighted by atomic mass is 10.0. The van der Waals surface area contributed by atoms with Gasteiger partial charge in [0.05, 0.1) is 0 Å². The third kappa shape index (κ3) is 2.48. The van der Waals surface area contributed by atoms with Gasteiger partial charge in [0.25, 0.3) is 0 Å². The zero-order valence-corrected chi connectivity index (χ0v) is 9.39. The van der Waals surface area contributed by atoms with Crippen LogP contribution in [0.25, 0.3) is 0 Å². The molecule has 2 N–H and O–H groups in total. The summed E-state index contributed by atoms with van der Waals surface area (Å²) in [7, 11) is 0. The van der Waals surface area contributed by atoms with Crippen molar-refractivity contribution in [3.8, 4) is 0 Å². The van der Waals surface area contributed by atoms with Crippen LogP contribution >= 0.6 is 11.3 Å². The summed E-state index contributed by atoms with van der Waals surface area (Å²) >= 11 is 1.58. The van der Waals surface area contributed by atoms with Crippen molar-refractivity contribution < 1.29 is 9.90 Å². The Morgan fingerprint density at radius 3 is 2.50 bits per heavy atom. The molecule has 0 saturated carbocycles. The van der Waals surface area contributed by atoms with Crippen molar-refractivity contribution in [2.24, 2.45) is 5.92 Å². The summed E-state index contributed by atoms with van der Waals surface area (Å²) in [6.45, 7) is 5.76. The van der Waals surface area contributed by atoms with E-state index in [9.17, 15) is 4.79 Å². The average molecular weight is 213 g/mol. The van der Waals surface area contributed by atoms with Gasteiger partial charge in [-0.3, -0.25) is 0 Å². The van der Waals surface area contributed by atoms with Gasteiger partial charge in [-0.1, -0.05) is 13.8 Å². The maximum Gasteiger partial charge on any atom is 0.326 e. The zero-order valence-electron chi connectivity index (χ0n) is 8.57. The van der Waals surface area contributed by atoms with Gasteiger partial charge in [0.1, 0.15) is 6.04 Å². The fraction of sp³-hybridized carbons (Fsp3) is 0.500. The highest BCUT2D eigenvalue weighted by molar-refractivity contribution is 7.08. The third-order valence-electron chi connectivity index (χ3n) is 2.10. The fourth-order valence-electron chi connectivity index (χ4n) is 1.19. The Morgan fingerprint density at radius 1 is 1.50 bits per heavy atom. The predicted molar refractivity (Wildman–Crippen MR) is 58.9 cm³/mol. The molecule has 0 spiro atoms. The van der Waals surface area contributed by atoms with Crippen molar-refractivity contribution in [3.63, 3.8) is 0 Å². The number of rotatable bonds is 4. The number of hydrogen-bond acceptors (Lipinski definition) is 3. The number of thiophene rings is 1. The second kappa shape index (κ2) is 4.46. The SMILES string of the molecule is Cc1cscc1NC(C(=O)O)C(C)C. The van der Waals surface area contributed by atoms with E-state index in [1.165, 1.54) is 0 Å². The molecule has 0 radical (unpaired) electrons.